The number of halogens is 2. The van der Waals surface area contributed by atoms with Crippen molar-refractivity contribution < 1.29 is 9.18 Å². The van der Waals surface area contributed by atoms with E-state index in [1.807, 2.05) is 6.92 Å². The molecule has 2 rings (SSSR count). The van der Waals surface area contributed by atoms with Crippen LogP contribution in [0.25, 0.3) is 0 Å². The van der Waals surface area contributed by atoms with Crippen molar-refractivity contribution in [1.29, 1.82) is 0 Å². The molecule has 2 nitrogen and oxygen atoms in total. The molecule has 0 radical (unpaired) electrons. The minimum Gasteiger partial charge on any atom is -0.349 e. The summed E-state index contributed by atoms with van der Waals surface area (Å²) in [5.41, 5.74) is 0.818. The van der Waals surface area contributed by atoms with E-state index in [4.69, 9.17) is 11.6 Å². The zero-order valence-corrected chi connectivity index (χ0v) is 10.6. The Hall–Kier alpha value is -1.09. The molecule has 3 atom stereocenters. The average molecular weight is 256 g/mol. The predicted octanol–water partition coefficient (Wildman–Crippen LogP) is 3.31. The first-order valence-electron chi connectivity index (χ1n) is 5.74. The minimum absolute atomic E-state index is 0.0745. The van der Waals surface area contributed by atoms with Gasteiger partial charge in [-0.1, -0.05) is 24.6 Å². The Morgan fingerprint density at radius 2 is 2.24 bits per heavy atom. The largest absolute Gasteiger partial charge is 0.349 e. The standard InChI is InChI=1S/C13H15ClFNO/c1-7-5-10(7)13(17)16-8(2)9-3-4-12(15)11(14)6-9/h3-4,6-8,10H,5H2,1-2H3,(H,16,17)/t7-,8-,10+/m0/s1. The highest BCUT2D eigenvalue weighted by atomic mass is 35.5. The summed E-state index contributed by atoms with van der Waals surface area (Å²) in [5, 5.41) is 3.00. The van der Waals surface area contributed by atoms with Crippen molar-refractivity contribution in [2.24, 2.45) is 11.8 Å². The molecule has 1 fully saturated rings. The maximum absolute atomic E-state index is 13.0. The number of amides is 1. The van der Waals surface area contributed by atoms with Crippen molar-refractivity contribution in [2.45, 2.75) is 26.3 Å². The molecule has 0 aliphatic heterocycles. The van der Waals surface area contributed by atoms with Crippen LogP contribution in [0.15, 0.2) is 18.2 Å². The number of hydrogen-bond donors (Lipinski definition) is 1. The summed E-state index contributed by atoms with van der Waals surface area (Å²) in [6, 6.07) is 4.37. The molecule has 0 saturated heterocycles. The molecular weight excluding hydrogens is 241 g/mol. The highest BCUT2D eigenvalue weighted by Gasteiger charge is 2.39. The second-order valence-electron chi connectivity index (χ2n) is 4.72. The van der Waals surface area contributed by atoms with Crippen LogP contribution in [0.5, 0.6) is 0 Å². The van der Waals surface area contributed by atoms with Crippen LogP contribution in [0.1, 0.15) is 31.9 Å². The van der Waals surface area contributed by atoms with Gasteiger partial charge in [-0.3, -0.25) is 4.79 Å². The maximum Gasteiger partial charge on any atom is 0.223 e. The van der Waals surface area contributed by atoms with Gasteiger partial charge in [0.25, 0.3) is 0 Å². The van der Waals surface area contributed by atoms with Crippen molar-refractivity contribution in [3.63, 3.8) is 0 Å². The number of hydrogen-bond acceptors (Lipinski definition) is 1. The van der Waals surface area contributed by atoms with Crippen LogP contribution in [-0.4, -0.2) is 5.91 Å². The Kier molecular flexibility index (Phi) is 3.38. The van der Waals surface area contributed by atoms with Gasteiger partial charge in [0.1, 0.15) is 5.82 Å². The zero-order chi connectivity index (χ0) is 12.6. The summed E-state index contributed by atoms with van der Waals surface area (Å²) in [6.07, 6.45) is 0.961. The maximum atomic E-state index is 13.0. The monoisotopic (exact) mass is 255 g/mol. The van der Waals surface area contributed by atoms with Crippen LogP contribution < -0.4 is 5.32 Å². The third-order valence-corrected chi connectivity index (χ3v) is 3.54. The fraction of sp³-hybridized carbons (Fsp3) is 0.462. The highest BCUT2D eigenvalue weighted by Crippen LogP contribution is 2.38. The lowest BCUT2D eigenvalue weighted by Gasteiger charge is -2.14. The van der Waals surface area contributed by atoms with Crippen molar-refractivity contribution in [1.82, 2.24) is 5.32 Å². The molecular formula is C13H15ClFNO. The Balaban J connectivity index is 2.01. The number of benzene rings is 1. The Morgan fingerprint density at radius 1 is 1.59 bits per heavy atom. The van der Waals surface area contributed by atoms with E-state index in [1.54, 1.807) is 12.1 Å². The van der Waals surface area contributed by atoms with Gasteiger partial charge in [-0.2, -0.15) is 0 Å². The summed E-state index contributed by atoms with van der Waals surface area (Å²) < 4.78 is 13.0. The van der Waals surface area contributed by atoms with Crippen molar-refractivity contribution >= 4 is 17.5 Å². The van der Waals surface area contributed by atoms with Crippen molar-refractivity contribution in [2.75, 3.05) is 0 Å². The van der Waals surface area contributed by atoms with E-state index in [2.05, 4.69) is 12.2 Å². The summed E-state index contributed by atoms with van der Waals surface area (Å²) in [6.45, 7) is 3.93. The first-order valence-corrected chi connectivity index (χ1v) is 6.12. The van der Waals surface area contributed by atoms with Gasteiger partial charge < -0.3 is 5.32 Å². The number of carbonyl (C=O) groups excluding carboxylic acids is 1. The number of carbonyl (C=O) groups is 1. The second-order valence-corrected chi connectivity index (χ2v) is 5.13. The highest BCUT2D eigenvalue weighted by molar-refractivity contribution is 6.30. The molecule has 17 heavy (non-hydrogen) atoms. The number of rotatable bonds is 3. The van der Waals surface area contributed by atoms with Crippen LogP contribution in [0.2, 0.25) is 5.02 Å². The van der Waals surface area contributed by atoms with Crippen molar-refractivity contribution in [3.05, 3.63) is 34.6 Å². The Morgan fingerprint density at radius 3 is 2.76 bits per heavy atom. The van der Waals surface area contributed by atoms with E-state index in [9.17, 15) is 9.18 Å². The van der Waals surface area contributed by atoms with Gasteiger partial charge in [0.15, 0.2) is 0 Å². The van der Waals surface area contributed by atoms with E-state index in [0.717, 1.165) is 12.0 Å². The van der Waals surface area contributed by atoms with Crippen LogP contribution in [-0.2, 0) is 4.79 Å². The third-order valence-electron chi connectivity index (χ3n) is 3.25. The molecule has 1 aromatic carbocycles. The lowest BCUT2D eigenvalue weighted by atomic mass is 10.1. The molecule has 1 aliphatic rings. The zero-order valence-electron chi connectivity index (χ0n) is 9.84. The summed E-state index contributed by atoms with van der Waals surface area (Å²) >= 11 is 5.70. The molecule has 1 saturated carbocycles. The molecule has 0 bridgehead atoms. The normalized spacial score (nSPS) is 24.2. The average Bonchev–Trinajstić information content (AvgIpc) is 2.99. The van der Waals surface area contributed by atoms with Gasteiger partial charge in [-0.25, -0.2) is 4.39 Å². The molecule has 0 unspecified atom stereocenters. The molecule has 92 valence electrons. The Labute approximate surface area is 105 Å². The van der Waals surface area contributed by atoms with Gasteiger partial charge in [0.05, 0.1) is 11.1 Å². The molecule has 1 aromatic rings. The van der Waals surface area contributed by atoms with Crippen LogP contribution in [0, 0.1) is 17.7 Å². The topological polar surface area (TPSA) is 29.1 Å². The molecule has 4 heteroatoms. The van der Waals surface area contributed by atoms with E-state index < -0.39 is 5.82 Å². The third kappa shape index (κ3) is 2.78. The fourth-order valence-corrected chi connectivity index (χ4v) is 2.06. The van der Waals surface area contributed by atoms with E-state index in [1.165, 1.54) is 6.07 Å². The Bertz CT molecular complexity index is 449. The quantitative estimate of drug-likeness (QED) is 0.882. The second kappa shape index (κ2) is 4.65. The van der Waals surface area contributed by atoms with Gasteiger partial charge in [-0.15, -0.1) is 0 Å². The summed E-state index contributed by atoms with van der Waals surface area (Å²) in [7, 11) is 0. The first kappa shape index (κ1) is 12.4. The lowest BCUT2D eigenvalue weighted by molar-refractivity contribution is -0.123. The predicted molar refractivity (Wildman–Crippen MR) is 65.2 cm³/mol. The van der Waals surface area contributed by atoms with Crippen LogP contribution in [0.4, 0.5) is 4.39 Å². The van der Waals surface area contributed by atoms with E-state index in [0.29, 0.717) is 5.92 Å². The molecule has 0 heterocycles. The minimum atomic E-state index is -0.440. The van der Waals surface area contributed by atoms with Gasteiger partial charge in [0.2, 0.25) is 5.91 Å². The smallest absolute Gasteiger partial charge is 0.223 e. The molecule has 1 amide bonds. The fourth-order valence-electron chi connectivity index (χ4n) is 1.87. The summed E-state index contributed by atoms with van der Waals surface area (Å²) in [5.74, 6) is 0.266. The molecule has 0 aromatic heterocycles. The van der Waals surface area contributed by atoms with Gasteiger partial charge in [-0.05, 0) is 37.0 Å². The van der Waals surface area contributed by atoms with E-state index in [-0.39, 0.29) is 22.9 Å². The van der Waals surface area contributed by atoms with Crippen molar-refractivity contribution in [3.8, 4) is 0 Å². The summed E-state index contributed by atoms with van der Waals surface area (Å²) in [4.78, 5) is 11.7. The van der Waals surface area contributed by atoms with Gasteiger partial charge >= 0.3 is 0 Å². The lowest BCUT2D eigenvalue weighted by Crippen LogP contribution is -2.28. The van der Waals surface area contributed by atoms with Crippen LogP contribution >= 0.6 is 11.6 Å². The number of nitrogens with one attached hydrogen (secondary N) is 1. The van der Waals surface area contributed by atoms with Crippen LogP contribution in [0.3, 0.4) is 0 Å². The van der Waals surface area contributed by atoms with Gasteiger partial charge in [0, 0.05) is 5.92 Å². The first-order chi connectivity index (χ1) is 7.99. The molecule has 1 aliphatic carbocycles. The molecule has 0 spiro atoms. The molecule has 1 N–H and O–H groups in total. The SMILES string of the molecule is C[C@H](NC(=O)[C@@H]1C[C@@H]1C)c1ccc(F)c(Cl)c1. The van der Waals surface area contributed by atoms with E-state index >= 15 is 0 Å².